The Hall–Kier alpha value is -2.80. The normalized spacial score (nSPS) is 18.5. The maximum Gasteiger partial charge on any atom is 0.256 e. The summed E-state index contributed by atoms with van der Waals surface area (Å²) in [5.41, 5.74) is 1.07. The van der Waals surface area contributed by atoms with Crippen LogP contribution in [0.1, 0.15) is 47.6 Å². The van der Waals surface area contributed by atoms with E-state index in [4.69, 9.17) is 0 Å². The Morgan fingerprint density at radius 2 is 1.66 bits per heavy atom. The number of piperidine rings is 1. The van der Waals surface area contributed by atoms with Gasteiger partial charge in [-0.3, -0.25) is 14.5 Å². The fourth-order valence-electron chi connectivity index (χ4n) is 4.71. The molecule has 5 nitrogen and oxygen atoms in total. The van der Waals surface area contributed by atoms with Crippen LogP contribution >= 0.6 is 0 Å². The summed E-state index contributed by atoms with van der Waals surface area (Å²) in [6, 6.07) is 13.4. The van der Waals surface area contributed by atoms with Crippen molar-refractivity contribution in [2.75, 3.05) is 32.7 Å². The monoisotopic (exact) mass is 441 g/mol. The Balaban J connectivity index is 1.31. The molecule has 0 aliphatic carbocycles. The zero-order valence-electron chi connectivity index (χ0n) is 18.1. The second-order valence-corrected chi connectivity index (χ2v) is 8.61. The summed E-state index contributed by atoms with van der Waals surface area (Å²) in [4.78, 5) is 29.4. The quantitative estimate of drug-likeness (QED) is 0.743. The lowest BCUT2D eigenvalue weighted by Crippen LogP contribution is -2.45. The lowest BCUT2D eigenvalue weighted by molar-refractivity contribution is -0.126. The van der Waals surface area contributed by atoms with Crippen LogP contribution in [-0.4, -0.2) is 54.3 Å². The van der Waals surface area contributed by atoms with Crippen LogP contribution in [0.2, 0.25) is 0 Å². The van der Waals surface area contributed by atoms with Crippen molar-refractivity contribution >= 4 is 11.8 Å². The summed E-state index contributed by atoms with van der Waals surface area (Å²) in [5, 5.41) is 3.13. The highest BCUT2D eigenvalue weighted by molar-refractivity contribution is 5.94. The van der Waals surface area contributed by atoms with E-state index in [2.05, 4.69) is 22.3 Å². The van der Waals surface area contributed by atoms with Crippen LogP contribution in [0.15, 0.2) is 48.5 Å². The largest absolute Gasteiger partial charge is 0.354 e. The number of rotatable bonds is 6. The van der Waals surface area contributed by atoms with E-state index in [1.54, 1.807) is 0 Å². The number of amides is 2. The smallest absolute Gasteiger partial charge is 0.256 e. The van der Waals surface area contributed by atoms with Gasteiger partial charge >= 0.3 is 0 Å². The van der Waals surface area contributed by atoms with Gasteiger partial charge in [0.1, 0.15) is 11.6 Å². The van der Waals surface area contributed by atoms with E-state index in [1.807, 2.05) is 18.2 Å². The number of likely N-dealkylation sites (tertiary alicyclic amines) is 2. The molecule has 2 amide bonds. The molecular weight excluding hydrogens is 412 g/mol. The molecule has 4 rings (SSSR count). The van der Waals surface area contributed by atoms with Crippen LogP contribution in [0.5, 0.6) is 0 Å². The zero-order chi connectivity index (χ0) is 22.5. The van der Waals surface area contributed by atoms with Gasteiger partial charge in [-0.1, -0.05) is 30.3 Å². The van der Waals surface area contributed by atoms with E-state index in [0.29, 0.717) is 32.5 Å². The first-order chi connectivity index (χ1) is 15.5. The number of carbonyl (C=O) groups excluding carboxylic acids is 2. The first kappa shape index (κ1) is 22.4. The summed E-state index contributed by atoms with van der Waals surface area (Å²) >= 11 is 0. The zero-order valence-corrected chi connectivity index (χ0v) is 18.1. The van der Waals surface area contributed by atoms with Gasteiger partial charge in [-0.05, 0) is 56.5 Å². The van der Waals surface area contributed by atoms with Crippen LogP contribution in [0.25, 0.3) is 0 Å². The summed E-state index contributed by atoms with van der Waals surface area (Å²) in [6.45, 7) is 3.39. The summed E-state index contributed by atoms with van der Waals surface area (Å²) in [5.74, 6) is -2.20. The SMILES string of the molecule is O=C(NC[C@H](c1ccccc1)N1CCCC1)C1CCN(C(=O)c2ccc(F)cc2F)CC1. The van der Waals surface area contributed by atoms with E-state index >= 15 is 0 Å². The number of carbonyl (C=O) groups is 2. The second kappa shape index (κ2) is 10.2. The average Bonchev–Trinajstić information content (AvgIpc) is 3.34. The number of benzene rings is 2. The molecule has 2 aliphatic rings. The van der Waals surface area contributed by atoms with Crippen LogP contribution in [0.3, 0.4) is 0 Å². The van der Waals surface area contributed by atoms with Gasteiger partial charge in [0.15, 0.2) is 0 Å². The van der Waals surface area contributed by atoms with E-state index in [-0.39, 0.29) is 23.4 Å². The topological polar surface area (TPSA) is 52.7 Å². The highest BCUT2D eigenvalue weighted by Crippen LogP contribution is 2.25. The lowest BCUT2D eigenvalue weighted by atomic mass is 9.95. The molecule has 0 radical (unpaired) electrons. The minimum absolute atomic E-state index is 0.00481. The Morgan fingerprint density at radius 1 is 0.969 bits per heavy atom. The molecule has 0 bridgehead atoms. The van der Waals surface area contributed by atoms with Crippen molar-refractivity contribution in [3.8, 4) is 0 Å². The molecule has 0 unspecified atom stereocenters. The predicted octanol–water partition coefficient (Wildman–Crippen LogP) is 3.77. The van der Waals surface area contributed by atoms with Gasteiger partial charge in [-0.2, -0.15) is 0 Å². The standard InChI is InChI=1S/C25H29F2N3O2/c26-20-8-9-21(22(27)16-20)25(32)30-14-10-19(11-15-30)24(31)28-17-23(29-12-4-5-13-29)18-6-2-1-3-7-18/h1-3,6-9,16,19,23H,4-5,10-15,17H2,(H,28,31)/t23-/m1/s1. The Kier molecular flexibility index (Phi) is 7.15. The lowest BCUT2D eigenvalue weighted by Gasteiger charge is -2.33. The van der Waals surface area contributed by atoms with Crippen molar-refractivity contribution in [2.45, 2.75) is 31.7 Å². The van der Waals surface area contributed by atoms with E-state index in [0.717, 1.165) is 25.2 Å². The highest BCUT2D eigenvalue weighted by atomic mass is 19.1. The number of hydrogen-bond donors (Lipinski definition) is 1. The molecule has 1 N–H and O–H groups in total. The Morgan fingerprint density at radius 3 is 2.31 bits per heavy atom. The van der Waals surface area contributed by atoms with Gasteiger partial charge in [0, 0.05) is 31.6 Å². The van der Waals surface area contributed by atoms with Crippen molar-refractivity contribution in [1.82, 2.24) is 15.1 Å². The van der Waals surface area contributed by atoms with Gasteiger partial charge in [-0.25, -0.2) is 8.78 Å². The van der Waals surface area contributed by atoms with Crippen LogP contribution in [0.4, 0.5) is 8.78 Å². The molecule has 2 aliphatic heterocycles. The molecule has 0 spiro atoms. The number of hydrogen-bond acceptors (Lipinski definition) is 3. The number of nitrogens with zero attached hydrogens (tertiary/aromatic N) is 2. The number of halogens is 2. The summed E-state index contributed by atoms with van der Waals surface area (Å²) < 4.78 is 27.1. The maximum atomic E-state index is 13.9. The molecule has 0 aromatic heterocycles. The molecule has 2 saturated heterocycles. The van der Waals surface area contributed by atoms with Crippen molar-refractivity contribution in [3.05, 3.63) is 71.3 Å². The molecular formula is C25H29F2N3O2. The third-order valence-electron chi connectivity index (χ3n) is 6.55. The van der Waals surface area contributed by atoms with Crippen molar-refractivity contribution in [1.29, 1.82) is 0 Å². The van der Waals surface area contributed by atoms with Gasteiger partial charge in [0.2, 0.25) is 5.91 Å². The Labute approximate surface area is 187 Å². The van der Waals surface area contributed by atoms with Gasteiger partial charge in [-0.15, -0.1) is 0 Å². The van der Waals surface area contributed by atoms with E-state index < -0.39 is 17.5 Å². The fraction of sp³-hybridized carbons (Fsp3) is 0.440. The van der Waals surface area contributed by atoms with E-state index in [1.165, 1.54) is 29.4 Å². The minimum Gasteiger partial charge on any atom is -0.354 e. The van der Waals surface area contributed by atoms with Crippen LogP contribution in [-0.2, 0) is 4.79 Å². The van der Waals surface area contributed by atoms with Crippen molar-refractivity contribution < 1.29 is 18.4 Å². The van der Waals surface area contributed by atoms with E-state index in [9.17, 15) is 18.4 Å². The third kappa shape index (κ3) is 5.15. The van der Waals surface area contributed by atoms with Crippen molar-refractivity contribution in [3.63, 3.8) is 0 Å². The van der Waals surface area contributed by atoms with Gasteiger partial charge < -0.3 is 10.2 Å². The Bertz CT molecular complexity index is 939. The maximum absolute atomic E-state index is 13.9. The van der Waals surface area contributed by atoms with Gasteiger partial charge in [0.05, 0.1) is 11.6 Å². The second-order valence-electron chi connectivity index (χ2n) is 8.61. The molecule has 7 heteroatoms. The van der Waals surface area contributed by atoms with Gasteiger partial charge in [0.25, 0.3) is 5.91 Å². The van der Waals surface area contributed by atoms with Crippen LogP contribution in [0, 0.1) is 17.6 Å². The average molecular weight is 442 g/mol. The first-order valence-electron chi connectivity index (χ1n) is 11.3. The molecule has 32 heavy (non-hydrogen) atoms. The fourth-order valence-corrected chi connectivity index (χ4v) is 4.71. The molecule has 2 heterocycles. The molecule has 1 atom stereocenters. The van der Waals surface area contributed by atoms with Crippen LogP contribution < -0.4 is 5.32 Å². The summed E-state index contributed by atoms with van der Waals surface area (Å²) in [6.07, 6.45) is 3.41. The molecule has 170 valence electrons. The van der Waals surface area contributed by atoms with Crippen molar-refractivity contribution in [2.24, 2.45) is 5.92 Å². The molecule has 0 saturated carbocycles. The first-order valence-corrected chi connectivity index (χ1v) is 11.3. The number of nitrogens with one attached hydrogen (secondary N) is 1. The molecule has 2 fully saturated rings. The predicted molar refractivity (Wildman–Crippen MR) is 118 cm³/mol. The summed E-state index contributed by atoms with van der Waals surface area (Å²) in [7, 11) is 0. The minimum atomic E-state index is -0.858. The highest BCUT2D eigenvalue weighted by Gasteiger charge is 2.30. The third-order valence-corrected chi connectivity index (χ3v) is 6.55. The molecule has 2 aromatic carbocycles. The molecule has 2 aromatic rings.